The number of aryl methyl sites for hydroxylation is 1. The monoisotopic (exact) mass is 265 g/mol. The van der Waals surface area contributed by atoms with Gasteiger partial charge in [-0.25, -0.2) is 0 Å². The summed E-state index contributed by atoms with van der Waals surface area (Å²) in [6.45, 7) is 5.11. The lowest BCUT2D eigenvalue weighted by molar-refractivity contribution is 0.364. The largest absolute Gasteiger partial charge is 0.339 e. The van der Waals surface area contributed by atoms with Gasteiger partial charge in [-0.1, -0.05) is 37.8 Å². The van der Waals surface area contributed by atoms with Crippen molar-refractivity contribution < 1.29 is 4.52 Å². The van der Waals surface area contributed by atoms with Gasteiger partial charge in [0.05, 0.1) is 0 Å². The predicted molar refractivity (Wildman–Crippen MR) is 76.0 cm³/mol. The van der Waals surface area contributed by atoms with Crippen molar-refractivity contribution in [1.82, 2.24) is 15.5 Å². The summed E-state index contributed by atoms with van der Waals surface area (Å²) in [5.74, 6) is 2.45. The SMILES string of the molecule is CCCC1CCCC(NCCc2nc(C)no2)CC1. The number of nitrogens with zero attached hydrogens (tertiary/aromatic N) is 2. The third-order valence-corrected chi connectivity index (χ3v) is 4.13. The molecule has 0 saturated heterocycles. The minimum Gasteiger partial charge on any atom is -0.339 e. The quantitative estimate of drug-likeness (QED) is 0.802. The van der Waals surface area contributed by atoms with Gasteiger partial charge in [0.15, 0.2) is 5.82 Å². The molecule has 1 aliphatic rings. The van der Waals surface area contributed by atoms with Gasteiger partial charge in [-0.15, -0.1) is 0 Å². The molecular formula is C15H27N3O. The summed E-state index contributed by atoms with van der Waals surface area (Å²) in [5, 5.41) is 7.47. The highest BCUT2D eigenvalue weighted by molar-refractivity contribution is 4.84. The minimum atomic E-state index is 0.686. The molecule has 2 rings (SSSR count). The van der Waals surface area contributed by atoms with Crippen molar-refractivity contribution in [2.45, 2.75) is 71.3 Å². The molecule has 1 aliphatic carbocycles. The van der Waals surface area contributed by atoms with Crippen molar-refractivity contribution in [3.8, 4) is 0 Å². The van der Waals surface area contributed by atoms with Gasteiger partial charge < -0.3 is 9.84 Å². The zero-order valence-electron chi connectivity index (χ0n) is 12.3. The molecule has 0 aromatic carbocycles. The maximum absolute atomic E-state index is 5.13. The van der Waals surface area contributed by atoms with Crippen LogP contribution >= 0.6 is 0 Å². The van der Waals surface area contributed by atoms with Crippen LogP contribution in [-0.2, 0) is 6.42 Å². The predicted octanol–water partition coefficient (Wildman–Crippen LogP) is 3.26. The van der Waals surface area contributed by atoms with E-state index in [0.29, 0.717) is 6.04 Å². The Bertz CT molecular complexity index is 364. The van der Waals surface area contributed by atoms with Crippen LogP contribution in [0.2, 0.25) is 0 Å². The van der Waals surface area contributed by atoms with Gasteiger partial charge in [0.25, 0.3) is 0 Å². The van der Waals surface area contributed by atoms with Crippen molar-refractivity contribution in [3.05, 3.63) is 11.7 Å². The molecule has 2 unspecified atom stereocenters. The molecule has 4 heteroatoms. The Morgan fingerprint density at radius 3 is 2.89 bits per heavy atom. The number of nitrogens with one attached hydrogen (secondary N) is 1. The molecule has 1 fully saturated rings. The summed E-state index contributed by atoms with van der Waals surface area (Å²) >= 11 is 0. The second-order valence-electron chi connectivity index (χ2n) is 5.80. The van der Waals surface area contributed by atoms with E-state index in [-0.39, 0.29) is 0 Å². The topological polar surface area (TPSA) is 51.0 Å². The second kappa shape index (κ2) is 7.63. The zero-order chi connectivity index (χ0) is 13.5. The molecule has 1 heterocycles. The average Bonchev–Trinajstić information content (AvgIpc) is 2.67. The van der Waals surface area contributed by atoms with E-state index in [1.807, 2.05) is 6.92 Å². The Kier molecular flexibility index (Phi) is 5.83. The molecule has 1 aromatic rings. The smallest absolute Gasteiger partial charge is 0.227 e. The van der Waals surface area contributed by atoms with Crippen LogP contribution in [-0.4, -0.2) is 22.7 Å². The lowest BCUT2D eigenvalue weighted by Crippen LogP contribution is -2.30. The van der Waals surface area contributed by atoms with Gasteiger partial charge in [0.2, 0.25) is 5.89 Å². The first kappa shape index (κ1) is 14.5. The number of aromatic nitrogens is 2. The zero-order valence-corrected chi connectivity index (χ0v) is 12.3. The molecule has 2 atom stereocenters. The summed E-state index contributed by atoms with van der Waals surface area (Å²) in [7, 11) is 0. The van der Waals surface area contributed by atoms with Crippen molar-refractivity contribution in [2.24, 2.45) is 5.92 Å². The fraction of sp³-hybridized carbons (Fsp3) is 0.867. The molecule has 1 aromatic heterocycles. The molecular weight excluding hydrogens is 238 g/mol. The molecule has 1 saturated carbocycles. The summed E-state index contributed by atoms with van der Waals surface area (Å²) < 4.78 is 5.13. The van der Waals surface area contributed by atoms with Crippen LogP contribution in [0.3, 0.4) is 0 Å². The van der Waals surface area contributed by atoms with E-state index < -0.39 is 0 Å². The Hall–Kier alpha value is -0.900. The fourth-order valence-electron chi connectivity index (χ4n) is 3.10. The summed E-state index contributed by atoms with van der Waals surface area (Å²) in [5.41, 5.74) is 0. The van der Waals surface area contributed by atoms with E-state index >= 15 is 0 Å². The maximum atomic E-state index is 5.13. The minimum absolute atomic E-state index is 0.686. The van der Waals surface area contributed by atoms with E-state index in [0.717, 1.165) is 30.6 Å². The van der Waals surface area contributed by atoms with Crippen molar-refractivity contribution >= 4 is 0 Å². The normalized spacial score (nSPS) is 24.3. The van der Waals surface area contributed by atoms with Gasteiger partial charge >= 0.3 is 0 Å². The second-order valence-corrected chi connectivity index (χ2v) is 5.80. The van der Waals surface area contributed by atoms with E-state index in [1.54, 1.807) is 0 Å². The first-order chi connectivity index (χ1) is 9.28. The first-order valence-corrected chi connectivity index (χ1v) is 7.80. The summed E-state index contributed by atoms with van der Waals surface area (Å²) in [6.07, 6.45) is 10.4. The molecule has 0 amide bonds. The van der Waals surface area contributed by atoms with Crippen LogP contribution in [0, 0.1) is 12.8 Å². The molecule has 0 bridgehead atoms. The van der Waals surface area contributed by atoms with Crippen LogP contribution in [0.1, 0.15) is 63.6 Å². The fourth-order valence-corrected chi connectivity index (χ4v) is 3.10. The highest BCUT2D eigenvalue weighted by Crippen LogP contribution is 2.26. The highest BCUT2D eigenvalue weighted by Gasteiger charge is 2.17. The molecule has 0 spiro atoms. The van der Waals surface area contributed by atoms with Crippen molar-refractivity contribution in [1.29, 1.82) is 0 Å². The van der Waals surface area contributed by atoms with Crippen LogP contribution in [0.15, 0.2) is 4.52 Å². The Morgan fingerprint density at radius 2 is 2.16 bits per heavy atom. The van der Waals surface area contributed by atoms with Gasteiger partial charge in [-0.05, 0) is 32.1 Å². The van der Waals surface area contributed by atoms with Crippen molar-refractivity contribution in [2.75, 3.05) is 6.54 Å². The average molecular weight is 265 g/mol. The highest BCUT2D eigenvalue weighted by atomic mass is 16.5. The summed E-state index contributed by atoms with van der Waals surface area (Å²) in [6, 6.07) is 0.686. The molecule has 1 N–H and O–H groups in total. The van der Waals surface area contributed by atoms with Crippen LogP contribution in [0.25, 0.3) is 0 Å². The van der Waals surface area contributed by atoms with E-state index in [2.05, 4.69) is 22.4 Å². The first-order valence-electron chi connectivity index (χ1n) is 7.80. The molecule has 0 aliphatic heterocycles. The lowest BCUT2D eigenvalue weighted by atomic mass is 9.95. The van der Waals surface area contributed by atoms with Crippen LogP contribution in [0.4, 0.5) is 0 Å². The van der Waals surface area contributed by atoms with Gasteiger partial charge in [-0.2, -0.15) is 4.98 Å². The number of rotatable bonds is 6. The van der Waals surface area contributed by atoms with E-state index in [1.165, 1.54) is 44.9 Å². The molecule has 0 radical (unpaired) electrons. The Morgan fingerprint density at radius 1 is 1.26 bits per heavy atom. The van der Waals surface area contributed by atoms with E-state index in [4.69, 9.17) is 4.52 Å². The van der Waals surface area contributed by atoms with Gasteiger partial charge in [-0.3, -0.25) is 0 Å². The third-order valence-electron chi connectivity index (χ3n) is 4.13. The molecule has 19 heavy (non-hydrogen) atoms. The third kappa shape index (κ3) is 4.94. The lowest BCUT2D eigenvalue weighted by Gasteiger charge is -2.16. The van der Waals surface area contributed by atoms with Crippen molar-refractivity contribution in [3.63, 3.8) is 0 Å². The van der Waals surface area contributed by atoms with Gasteiger partial charge in [0, 0.05) is 19.0 Å². The maximum Gasteiger partial charge on any atom is 0.227 e. The van der Waals surface area contributed by atoms with Gasteiger partial charge in [0.1, 0.15) is 0 Å². The standard InChI is InChI=1S/C15H27N3O/c1-3-5-13-6-4-7-14(9-8-13)16-11-10-15-17-12(2)18-19-15/h13-14,16H,3-11H2,1-2H3. The number of hydrogen-bond acceptors (Lipinski definition) is 4. The van der Waals surface area contributed by atoms with Crippen LogP contribution < -0.4 is 5.32 Å². The molecule has 4 nitrogen and oxygen atoms in total. The Balaban J connectivity index is 1.65. The summed E-state index contributed by atoms with van der Waals surface area (Å²) in [4.78, 5) is 4.23. The number of hydrogen-bond donors (Lipinski definition) is 1. The Labute approximate surface area is 116 Å². The van der Waals surface area contributed by atoms with E-state index in [9.17, 15) is 0 Å². The molecule has 108 valence electrons. The van der Waals surface area contributed by atoms with Crippen LogP contribution in [0.5, 0.6) is 0 Å².